The van der Waals surface area contributed by atoms with Gasteiger partial charge in [-0.25, -0.2) is 4.79 Å². The maximum Gasteiger partial charge on any atom is 0.408 e. The number of alkyl carbamates (subject to hydrolysis) is 1. The van der Waals surface area contributed by atoms with Crippen molar-refractivity contribution in [2.24, 2.45) is 0 Å². The number of nitrogens with zero attached hydrogens (tertiary/aromatic N) is 2. The van der Waals surface area contributed by atoms with E-state index in [1.807, 2.05) is 72.6 Å². The molecule has 1 aliphatic rings. The first-order valence-electron chi connectivity index (χ1n) is 9.60. The van der Waals surface area contributed by atoms with E-state index in [9.17, 15) is 9.59 Å². The lowest BCUT2D eigenvalue weighted by molar-refractivity contribution is -0.134. The highest BCUT2D eigenvalue weighted by Crippen LogP contribution is 2.09. The fourth-order valence-electron chi connectivity index (χ4n) is 3.20. The van der Waals surface area contributed by atoms with E-state index in [2.05, 4.69) is 10.2 Å². The van der Waals surface area contributed by atoms with Gasteiger partial charge in [0, 0.05) is 32.6 Å². The molecule has 0 bridgehead atoms. The van der Waals surface area contributed by atoms with Crippen molar-refractivity contribution in [1.29, 1.82) is 0 Å². The number of carbonyl (C=O) groups is 2. The van der Waals surface area contributed by atoms with E-state index in [1.165, 1.54) is 0 Å². The molecule has 0 unspecified atom stereocenters. The Bertz CT molecular complexity index is 759. The van der Waals surface area contributed by atoms with Crippen molar-refractivity contribution in [2.75, 3.05) is 33.2 Å². The van der Waals surface area contributed by atoms with E-state index in [-0.39, 0.29) is 12.5 Å². The zero-order chi connectivity index (χ0) is 19.8. The van der Waals surface area contributed by atoms with Crippen LogP contribution in [-0.4, -0.2) is 61.1 Å². The molecule has 2 aromatic rings. The Hall–Kier alpha value is -2.86. The molecule has 6 heteroatoms. The lowest BCUT2D eigenvalue weighted by Crippen LogP contribution is -2.55. The van der Waals surface area contributed by atoms with Crippen LogP contribution in [0.4, 0.5) is 4.79 Å². The van der Waals surface area contributed by atoms with Crippen LogP contribution in [0.5, 0.6) is 0 Å². The Labute approximate surface area is 166 Å². The monoisotopic (exact) mass is 381 g/mol. The molecule has 1 saturated heterocycles. The smallest absolute Gasteiger partial charge is 0.408 e. The summed E-state index contributed by atoms with van der Waals surface area (Å²) in [5, 5.41) is 2.78. The molecule has 2 amide bonds. The second kappa shape index (κ2) is 9.90. The lowest BCUT2D eigenvalue weighted by Gasteiger charge is -2.34. The molecule has 1 aliphatic heterocycles. The third-order valence-electron chi connectivity index (χ3n) is 4.90. The van der Waals surface area contributed by atoms with Gasteiger partial charge >= 0.3 is 6.09 Å². The topological polar surface area (TPSA) is 61.9 Å². The summed E-state index contributed by atoms with van der Waals surface area (Å²) in [6, 6.07) is 18.6. The molecule has 3 rings (SSSR count). The quantitative estimate of drug-likeness (QED) is 0.834. The van der Waals surface area contributed by atoms with Gasteiger partial charge in [0.2, 0.25) is 5.91 Å². The fraction of sp³-hybridized carbons (Fsp3) is 0.364. The minimum atomic E-state index is -0.644. The normalized spacial score (nSPS) is 15.7. The van der Waals surface area contributed by atoms with Gasteiger partial charge in [-0.2, -0.15) is 0 Å². The summed E-state index contributed by atoms with van der Waals surface area (Å²) in [6.45, 7) is 3.18. The van der Waals surface area contributed by atoms with Gasteiger partial charge in [-0.05, 0) is 18.2 Å². The van der Waals surface area contributed by atoms with Crippen LogP contribution >= 0.6 is 0 Å². The molecule has 0 aliphatic carbocycles. The molecule has 148 valence electrons. The highest BCUT2D eigenvalue weighted by Gasteiger charge is 2.28. The molecule has 0 aromatic heterocycles. The van der Waals surface area contributed by atoms with Crippen molar-refractivity contribution in [2.45, 2.75) is 19.1 Å². The van der Waals surface area contributed by atoms with Crippen LogP contribution < -0.4 is 5.32 Å². The fourth-order valence-corrected chi connectivity index (χ4v) is 3.20. The molecule has 0 saturated carbocycles. The van der Waals surface area contributed by atoms with E-state index in [4.69, 9.17) is 4.74 Å². The number of hydrogen-bond donors (Lipinski definition) is 1. The molecule has 1 fully saturated rings. The summed E-state index contributed by atoms with van der Waals surface area (Å²) < 4.78 is 5.32. The standard InChI is InChI=1S/C22H27N3O3/c1-24-12-14-25(15-13-24)21(26)20(16-18-8-4-2-5-9-18)23-22(27)28-17-19-10-6-3-7-11-19/h2-11,20H,12-17H2,1H3,(H,23,27)/t20-/m0/s1. The first-order valence-corrected chi connectivity index (χ1v) is 9.60. The molecule has 2 aromatic carbocycles. The van der Waals surface area contributed by atoms with Gasteiger partial charge in [-0.15, -0.1) is 0 Å². The molecule has 1 heterocycles. The number of hydrogen-bond acceptors (Lipinski definition) is 4. The Kier molecular flexibility index (Phi) is 7.03. The van der Waals surface area contributed by atoms with Crippen molar-refractivity contribution in [3.63, 3.8) is 0 Å². The minimum absolute atomic E-state index is 0.0615. The Balaban J connectivity index is 1.63. The maximum absolute atomic E-state index is 13.1. The predicted octanol–water partition coefficient (Wildman–Crippen LogP) is 2.30. The summed E-state index contributed by atoms with van der Waals surface area (Å²) in [7, 11) is 2.04. The number of nitrogens with one attached hydrogen (secondary N) is 1. The second-order valence-corrected chi connectivity index (χ2v) is 7.08. The summed E-state index contributed by atoms with van der Waals surface area (Å²) in [5.41, 5.74) is 1.90. The van der Waals surface area contributed by atoms with Gasteiger partial charge in [0.05, 0.1) is 0 Å². The van der Waals surface area contributed by atoms with Gasteiger partial charge < -0.3 is 19.9 Å². The highest BCUT2D eigenvalue weighted by molar-refractivity contribution is 5.86. The highest BCUT2D eigenvalue weighted by atomic mass is 16.5. The van der Waals surface area contributed by atoms with E-state index in [0.29, 0.717) is 19.5 Å². The van der Waals surface area contributed by atoms with E-state index in [1.54, 1.807) is 0 Å². The van der Waals surface area contributed by atoms with E-state index >= 15 is 0 Å². The summed E-state index contributed by atoms with van der Waals surface area (Å²) in [6.07, 6.45) is -0.140. The molecule has 0 spiro atoms. The van der Waals surface area contributed by atoms with Crippen LogP contribution in [0.2, 0.25) is 0 Å². The molecule has 28 heavy (non-hydrogen) atoms. The lowest BCUT2D eigenvalue weighted by atomic mass is 10.0. The van der Waals surface area contributed by atoms with Gasteiger partial charge in [0.15, 0.2) is 0 Å². The van der Waals surface area contributed by atoms with Crippen LogP contribution in [0.1, 0.15) is 11.1 Å². The van der Waals surface area contributed by atoms with E-state index < -0.39 is 12.1 Å². The Morgan fingerprint density at radius 3 is 2.11 bits per heavy atom. The van der Waals surface area contributed by atoms with Crippen molar-refractivity contribution in [3.8, 4) is 0 Å². The van der Waals surface area contributed by atoms with Crippen LogP contribution in [0.15, 0.2) is 60.7 Å². The van der Waals surface area contributed by atoms with Crippen LogP contribution in [0.3, 0.4) is 0 Å². The van der Waals surface area contributed by atoms with Crippen molar-refractivity contribution < 1.29 is 14.3 Å². The average Bonchev–Trinajstić information content (AvgIpc) is 2.73. The van der Waals surface area contributed by atoms with Crippen LogP contribution in [0, 0.1) is 0 Å². The Morgan fingerprint density at radius 1 is 0.929 bits per heavy atom. The first-order chi connectivity index (χ1) is 13.6. The van der Waals surface area contributed by atoms with Crippen LogP contribution in [-0.2, 0) is 22.6 Å². The molecular formula is C22H27N3O3. The molecule has 0 radical (unpaired) electrons. The number of carbonyl (C=O) groups excluding carboxylic acids is 2. The van der Waals surface area contributed by atoms with Crippen molar-refractivity contribution in [3.05, 3.63) is 71.8 Å². The number of ether oxygens (including phenoxy) is 1. The molecule has 1 atom stereocenters. The summed E-state index contributed by atoms with van der Waals surface area (Å²) >= 11 is 0. The summed E-state index contributed by atoms with van der Waals surface area (Å²) in [5.74, 6) is -0.0615. The Morgan fingerprint density at radius 2 is 1.50 bits per heavy atom. The third-order valence-corrected chi connectivity index (χ3v) is 4.90. The number of likely N-dealkylation sites (N-methyl/N-ethyl adjacent to an activating group) is 1. The summed E-state index contributed by atoms with van der Waals surface area (Å²) in [4.78, 5) is 29.4. The van der Waals surface area contributed by atoms with Gasteiger partial charge in [0.1, 0.15) is 12.6 Å². The van der Waals surface area contributed by atoms with Crippen LogP contribution in [0.25, 0.3) is 0 Å². The maximum atomic E-state index is 13.1. The van der Waals surface area contributed by atoms with E-state index in [0.717, 1.165) is 24.2 Å². The van der Waals surface area contributed by atoms with Gasteiger partial charge in [0.25, 0.3) is 0 Å². The molecule has 1 N–H and O–H groups in total. The first kappa shape index (κ1) is 19.9. The third kappa shape index (κ3) is 5.82. The second-order valence-electron chi connectivity index (χ2n) is 7.08. The zero-order valence-corrected chi connectivity index (χ0v) is 16.2. The SMILES string of the molecule is CN1CCN(C(=O)[C@H](Cc2ccccc2)NC(=O)OCc2ccccc2)CC1. The number of rotatable bonds is 6. The minimum Gasteiger partial charge on any atom is -0.445 e. The number of amides is 2. The number of benzene rings is 2. The van der Waals surface area contributed by atoms with Gasteiger partial charge in [-0.3, -0.25) is 4.79 Å². The molecular weight excluding hydrogens is 354 g/mol. The molecule has 6 nitrogen and oxygen atoms in total. The largest absolute Gasteiger partial charge is 0.445 e. The zero-order valence-electron chi connectivity index (χ0n) is 16.2. The van der Waals surface area contributed by atoms with Gasteiger partial charge in [-0.1, -0.05) is 60.7 Å². The van der Waals surface area contributed by atoms with Crippen molar-refractivity contribution in [1.82, 2.24) is 15.1 Å². The average molecular weight is 381 g/mol. The van der Waals surface area contributed by atoms with Crippen molar-refractivity contribution >= 4 is 12.0 Å². The predicted molar refractivity (Wildman–Crippen MR) is 108 cm³/mol. The number of piperazine rings is 1.